The highest BCUT2D eigenvalue weighted by atomic mass is 19.1. The van der Waals surface area contributed by atoms with Crippen LogP contribution in [0.1, 0.15) is 66.1 Å². The van der Waals surface area contributed by atoms with Crippen LogP contribution < -0.4 is 5.73 Å². The van der Waals surface area contributed by atoms with Gasteiger partial charge in [-0.1, -0.05) is 31.9 Å². The Balaban J connectivity index is 1.77. The van der Waals surface area contributed by atoms with E-state index in [1.54, 1.807) is 18.2 Å². The second kappa shape index (κ2) is 8.45. The van der Waals surface area contributed by atoms with Gasteiger partial charge in [0.05, 0.1) is 0 Å². The third-order valence-electron chi connectivity index (χ3n) is 5.94. The molecule has 162 valence electrons. The van der Waals surface area contributed by atoms with Gasteiger partial charge >= 0.3 is 0 Å². The van der Waals surface area contributed by atoms with Gasteiger partial charge in [0.2, 0.25) is 5.91 Å². The van der Waals surface area contributed by atoms with E-state index in [2.05, 4.69) is 17.0 Å². The van der Waals surface area contributed by atoms with E-state index in [9.17, 15) is 9.59 Å². The Morgan fingerprint density at radius 1 is 1.19 bits per heavy atom. The highest BCUT2D eigenvalue weighted by Gasteiger charge is 2.26. The van der Waals surface area contributed by atoms with Crippen molar-refractivity contribution in [3.05, 3.63) is 53.1 Å². The molecule has 0 spiro atoms. The average Bonchev–Trinajstić information content (AvgIpc) is 2.95. The summed E-state index contributed by atoms with van der Waals surface area (Å²) in [4.78, 5) is 30.8. The number of rotatable bonds is 4. The number of hydrogen-bond acceptors (Lipinski definition) is 4. The smallest absolute Gasteiger partial charge is 0.272 e. The number of aryl methyl sites for hydroxylation is 1. The summed E-state index contributed by atoms with van der Waals surface area (Å²) in [7, 11) is 0. The molecule has 3 aromatic rings. The number of primary amides is 1. The van der Waals surface area contributed by atoms with Gasteiger partial charge in [0.15, 0.2) is 11.5 Å². The fraction of sp³-hybridized carbons (Fsp3) is 0.391. The summed E-state index contributed by atoms with van der Waals surface area (Å²) in [6.07, 6.45) is 4.70. The standard InChI is InChI=1S/C23H26FN5O2/c1-3-17-13-18(23(31)28-12-6-4-5-7-14(28)2)26-22-19(24)20(27-29(17)22)15-8-10-16(11-9-15)21(25)30/h8-11,13-14H,3-7,12H2,1-2H3,(H2,25,30). The molecule has 3 heterocycles. The molecule has 1 atom stereocenters. The molecule has 0 radical (unpaired) electrons. The molecule has 7 nitrogen and oxygen atoms in total. The van der Waals surface area contributed by atoms with Crippen LogP contribution in [0.3, 0.4) is 0 Å². The summed E-state index contributed by atoms with van der Waals surface area (Å²) in [5.41, 5.74) is 7.21. The lowest BCUT2D eigenvalue weighted by Gasteiger charge is -2.27. The van der Waals surface area contributed by atoms with E-state index >= 15 is 4.39 Å². The van der Waals surface area contributed by atoms with Gasteiger partial charge in [-0.05, 0) is 44.4 Å². The Hall–Kier alpha value is -3.29. The van der Waals surface area contributed by atoms with E-state index < -0.39 is 11.7 Å². The van der Waals surface area contributed by atoms with E-state index in [0.29, 0.717) is 29.8 Å². The van der Waals surface area contributed by atoms with Gasteiger partial charge < -0.3 is 10.6 Å². The number of benzene rings is 1. The number of likely N-dealkylation sites (tertiary alicyclic amines) is 1. The summed E-state index contributed by atoms with van der Waals surface area (Å²) in [5, 5.41) is 4.41. The molecule has 1 aliphatic rings. The number of aromatic nitrogens is 3. The fourth-order valence-corrected chi connectivity index (χ4v) is 4.11. The summed E-state index contributed by atoms with van der Waals surface area (Å²) < 4.78 is 16.8. The zero-order valence-corrected chi connectivity index (χ0v) is 17.8. The summed E-state index contributed by atoms with van der Waals surface area (Å²) in [6, 6.07) is 8.10. The summed E-state index contributed by atoms with van der Waals surface area (Å²) in [5.74, 6) is -1.32. The SMILES string of the molecule is CCc1cc(C(=O)N2CCCCCC2C)nc2c(F)c(-c3ccc(C(N)=O)cc3)nn12. The minimum absolute atomic E-state index is 0.0270. The number of nitrogens with zero attached hydrogens (tertiary/aromatic N) is 4. The second-order valence-corrected chi connectivity index (χ2v) is 8.02. The number of hydrogen-bond donors (Lipinski definition) is 1. The van der Waals surface area contributed by atoms with Crippen molar-refractivity contribution in [1.29, 1.82) is 0 Å². The molecule has 0 saturated carbocycles. The van der Waals surface area contributed by atoms with Crippen molar-refractivity contribution in [2.45, 2.75) is 52.0 Å². The van der Waals surface area contributed by atoms with Crippen LogP contribution in [0, 0.1) is 5.82 Å². The highest BCUT2D eigenvalue weighted by Crippen LogP contribution is 2.26. The third-order valence-corrected chi connectivity index (χ3v) is 5.94. The molecule has 1 unspecified atom stereocenters. The van der Waals surface area contributed by atoms with E-state index in [-0.39, 0.29) is 29.0 Å². The van der Waals surface area contributed by atoms with E-state index in [4.69, 9.17) is 5.73 Å². The molecule has 2 amide bonds. The van der Waals surface area contributed by atoms with Gasteiger partial charge in [-0.15, -0.1) is 0 Å². The van der Waals surface area contributed by atoms with Crippen molar-refractivity contribution >= 4 is 17.5 Å². The van der Waals surface area contributed by atoms with E-state index in [1.165, 1.54) is 16.6 Å². The monoisotopic (exact) mass is 423 g/mol. The number of halogens is 1. The molecule has 1 aliphatic heterocycles. The first-order valence-corrected chi connectivity index (χ1v) is 10.7. The first kappa shape index (κ1) is 21.0. The highest BCUT2D eigenvalue weighted by molar-refractivity contribution is 5.94. The minimum atomic E-state index is -0.597. The Bertz CT molecular complexity index is 1140. The molecule has 2 N–H and O–H groups in total. The first-order valence-electron chi connectivity index (χ1n) is 10.7. The van der Waals surface area contributed by atoms with Crippen LogP contribution in [0.2, 0.25) is 0 Å². The molecule has 2 aromatic heterocycles. The van der Waals surface area contributed by atoms with Crippen LogP contribution in [-0.2, 0) is 6.42 Å². The van der Waals surface area contributed by atoms with E-state index in [0.717, 1.165) is 25.7 Å². The predicted molar refractivity (Wildman–Crippen MR) is 115 cm³/mol. The van der Waals surface area contributed by atoms with Crippen molar-refractivity contribution in [2.24, 2.45) is 5.73 Å². The minimum Gasteiger partial charge on any atom is -0.366 e. The Morgan fingerprint density at radius 2 is 1.94 bits per heavy atom. The van der Waals surface area contributed by atoms with Crippen molar-refractivity contribution in [2.75, 3.05) is 6.54 Å². The number of amides is 2. The molecular weight excluding hydrogens is 397 g/mol. The maximum atomic E-state index is 15.4. The van der Waals surface area contributed by atoms with Crippen molar-refractivity contribution in [1.82, 2.24) is 19.5 Å². The molecule has 1 aromatic carbocycles. The number of fused-ring (bicyclic) bond motifs is 1. The maximum absolute atomic E-state index is 15.4. The molecule has 1 saturated heterocycles. The normalized spacial score (nSPS) is 17.0. The molecule has 0 aliphatic carbocycles. The van der Waals surface area contributed by atoms with Crippen LogP contribution in [0.5, 0.6) is 0 Å². The van der Waals surface area contributed by atoms with Crippen LogP contribution >= 0.6 is 0 Å². The van der Waals surface area contributed by atoms with Crippen LogP contribution in [0.25, 0.3) is 16.9 Å². The van der Waals surface area contributed by atoms with Crippen LogP contribution in [0.4, 0.5) is 4.39 Å². The maximum Gasteiger partial charge on any atom is 0.272 e. The quantitative estimate of drug-likeness (QED) is 0.694. The molecular formula is C23H26FN5O2. The lowest BCUT2D eigenvalue weighted by atomic mass is 10.1. The van der Waals surface area contributed by atoms with Crippen LogP contribution in [0.15, 0.2) is 30.3 Å². The van der Waals surface area contributed by atoms with Gasteiger partial charge in [-0.2, -0.15) is 5.10 Å². The Kier molecular flexibility index (Phi) is 5.71. The molecule has 1 fully saturated rings. The first-order chi connectivity index (χ1) is 14.9. The summed E-state index contributed by atoms with van der Waals surface area (Å²) >= 11 is 0. The zero-order chi connectivity index (χ0) is 22.1. The van der Waals surface area contributed by atoms with Gasteiger partial charge in [0, 0.05) is 29.4 Å². The van der Waals surface area contributed by atoms with Crippen molar-refractivity contribution < 1.29 is 14.0 Å². The number of carbonyl (C=O) groups excluding carboxylic acids is 2. The van der Waals surface area contributed by atoms with Gasteiger partial charge in [0.25, 0.3) is 5.91 Å². The Labute approximate surface area is 180 Å². The second-order valence-electron chi connectivity index (χ2n) is 8.02. The lowest BCUT2D eigenvalue weighted by molar-refractivity contribution is 0.0691. The van der Waals surface area contributed by atoms with Crippen molar-refractivity contribution in [3.63, 3.8) is 0 Å². The summed E-state index contributed by atoms with van der Waals surface area (Å²) in [6.45, 7) is 4.67. The Morgan fingerprint density at radius 3 is 2.61 bits per heavy atom. The average molecular weight is 423 g/mol. The number of nitrogens with two attached hydrogens (primary N) is 1. The van der Waals surface area contributed by atoms with Crippen molar-refractivity contribution in [3.8, 4) is 11.3 Å². The van der Waals surface area contributed by atoms with Crippen LogP contribution in [-0.4, -0.2) is 43.9 Å². The molecule has 0 bridgehead atoms. The fourth-order valence-electron chi connectivity index (χ4n) is 4.11. The zero-order valence-electron chi connectivity index (χ0n) is 17.8. The largest absolute Gasteiger partial charge is 0.366 e. The van der Waals surface area contributed by atoms with E-state index in [1.807, 2.05) is 11.8 Å². The molecule has 8 heteroatoms. The van der Waals surface area contributed by atoms with Gasteiger partial charge in [-0.3, -0.25) is 9.59 Å². The molecule has 4 rings (SSSR count). The number of carbonyl (C=O) groups is 2. The third kappa shape index (κ3) is 3.89. The predicted octanol–water partition coefficient (Wildman–Crippen LogP) is 3.60. The topological polar surface area (TPSA) is 93.6 Å². The molecule has 31 heavy (non-hydrogen) atoms. The van der Waals surface area contributed by atoms with Gasteiger partial charge in [0.1, 0.15) is 11.4 Å². The van der Waals surface area contributed by atoms with Gasteiger partial charge in [-0.25, -0.2) is 13.9 Å². The lowest BCUT2D eigenvalue weighted by Crippen LogP contribution is -2.38.